The molecule has 1 aromatic carbocycles. The first-order valence-electron chi connectivity index (χ1n) is 5.87. The van der Waals surface area contributed by atoms with Gasteiger partial charge < -0.3 is 10.1 Å². The Labute approximate surface area is 114 Å². The molecular formula is C13H13F3N2O2. The van der Waals surface area contributed by atoms with Crippen molar-refractivity contribution < 1.29 is 22.7 Å². The van der Waals surface area contributed by atoms with Gasteiger partial charge in [-0.05, 0) is 30.7 Å². The Morgan fingerprint density at radius 2 is 1.95 bits per heavy atom. The lowest BCUT2D eigenvalue weighted by Crippen LogP contribution is -2.33. The van der Waals surface area contributed by atoms with Crippen molar-refractivity contribution in [3.05, 3.63) is 29.8 Å². The van der Waals surface area contributed by atoms with Crippen LogP contribution in [-0.2, 0) is 0 Å². The summed E-state index contributed by atoms with van der Waals surface area (Å²) >= 11 is 0. The van der Waals surface area contributed by atoms with Crippen LogP contribution in [0.15, 0.2) is 24.3 Å². The fourth-order valence-electron chi connectivity index (χ4n) is 1.33. The van der Waals surface area contributed by atoms with E-state index in [-0.39, 0.29) is 5.56 Å². The van der Waals surface area contributed by atoms with Crippen LogP contribution in [0.2, 0.25) is 0 Å². The molecule has 1 aromatic rings. The van der Waals surface area contributed by atoms with Gasteiger partial charge in [0.1, 0.15) is 12.3 Å². The molecule has 0 fully saturated rings. The van der Waals surface area contributed by atoms with Gasteiger partial charge in [-0.1, -0.05) is 0 Å². The van der Waals surface area contributed by atoms with Gasteiger partial charge in [0.05, 0.1) is 12.7 Å². The molecule has 0 heterocycles. The molecule has 0 atom stereocenters. The molecule has 20 heavy (non-hydrogen) atoms. The number of nitrogens with zero attached hydrogens (tertiary/aromatic N) is 1. The second-order valence-corrected chi connectivity index (χ2v) is 3.93. The molecule has 1 amide bonds. The smallest absolute Gasteiger partial charge is 0.405 e. The molecule has 0 aliphatic rings. The molecule has 0 spiro atoms. The van der Waals surface area contributed by atoms with E-state index in [0.717, 1.165) is 0 Å². The quantitative estimate of drug-likeness (QED) is 0.818. The number of benzene rings is 1. The van der Waals surface area contributed by atoms with Gasteiger partial charge in [-0.3, -0.25) is 4.79 Å². The van der Waals surface area contributed by atoms with Gasteiger partial charge in [0.2, 0.25) is 0 Å². The highest BCUT2D eigenvalue weighted by Crippen LogP contribution is 2.15. The van der Waals surface area contributed by atoms with E-state index >= 15 is 0 Å². The van der Waals surface area contributed by atoms with E-state index in [1.807, 2.05) is 6.07 Å². The van der Waals surface area contributed by atoms with Gasteiger partial charge in [-0.25, -0.2) is 0 Å². The fourth-order valence-corrected chi connectivity index (χ4v) is 1.33. The Kier molecular flexibility index (Phi) is 5.84. The molecule has 1 rings (SSSR count). The topological polar surface area (TPSA) is 62.1 Å². The summed E-state index contributed by atoms with van der Waals surface area (Å²) < 4.78 is 41.1. The van der Waals surface area contributed by atoms with E-state index in [0.29, 0.717) is 25.2 Å². The van der Waals surface area contributed by atoms with Crippen molar-refractivity contribution in [2.24, 2.45) is 0 Å². The number of hydrogen-bond acceptors (Lipinski definition) is 3. The van der Waals surface area contributed by atoms with Gasteiger partial charge >= 0.3 is 6.18 Å². The second-order valence-electron chi connectivity index (χ2n) is 3.93. The van der Waals surface area contributed by atoms with Gasteiger partial charge in [0, 0.05) is 12.0 Å². The fraction of sp³-hybridized carbons (Fsp3) is 0.385. The standard InChI is InChI=1S/C13H13F3N2O2/c14-13(15,16)9-18-12(19)10-3-5-11(6-4-10)20-8-2-1-7-17/h3-6H,1-2,8-9H2,(H,18,19). The van der Waals surface area contributed by atoms with Crippen LogP contribution in [0.4, 0.5) is 13.2 Å². The number of carbonyl (C=O) groups excluding carboxylic acids is 1. The van der Waals surface area contributed by atoms with E-state index in [2.05, 4.69) is 0 Å². The van der Waals surface area contributed by atoms with Crippen molar-refractivity contribution in [1.82, 2.24) is 5.32 Å². The van der Waals surface area contributed by atoms with Gasteiger partial charge in [0.25, 0.3) is 5.91 Å². The maximum Gasteiger partial charge on any atom is 0.405 e. The molecule has 0 saturated heterocycles. The normalized spacial score (nSPS) is 10.7. The number of hydrogen-bond donors (Lipinski definition) is 1. The van der Waals surface area contributed by atoms with Gasteiger partial charge in [0.15, 0.2) is 0 Å². The maximum absolute atomic E-state index is 11.9. The largest absolute Gasteiger partial charge is 0.494 e. The SMILES string of the molecule is N#CCCCOc1ccc(C(=O)NCC(F)(F)F)cc1. The van der Waals surface area contributed by atoms with Crippen LogP contribution in [0.25, 0.3) is 0 Å². The van der Waals surface area contributed by atoms with Crippen LogP contribution in [0.3, 0.4) is 0 Å². The predicted octanol–water partition coefficient (Wildman–Crippen LogP) is 2.66. The first-order chi connectivity index (χ1) is 9.42. The third-order valence-electron chi connectivity index (χ3n) is 2.27. The third-order valence-corrected chi connectivity index (χ3v) is 2.27. The number of halogens is 3. The highest BCUT2D eigenvalue weighted by Gasteiger charge is 2.27. The van der Waals surface area contributed by atoms with Crippen molar-refractivity contribution in [3.8, 4) is 11.8 Å². The Morgan fingerprint density at radius 1 is 1.30 bits per heavy atom. The summed E-state index contributed by atoms with van der Waals surface area (Å²) in [5, 5.41) is 10.1. The van der Waals surface area contributed by atoms with E-state index in [9.17, 15) is 18.0 Å². The van der Waals surface area contributed by atoms with Crippen molar-refractivity contribution >= 4 is 5.91 Å². The highest BCUT2D eigenvalue weighted by molar-refractivity contribution is 5.94. The Bertz CT molecular complexity index is 478. The predicted molar refractivity (Wildman–Crippen MR) is 65.2 cm³/mol. The number of rotatable bonds is 6. The molecule has 1 N–H and O–H groups in total. The average molecular weight is 286 g/mol. The van der Waals surface area contributed by atoms with Crippen molar-refractivity contribution in [3.63, 3.8) is 0 Å². The summed E-state index contributed by atoms with van der Waals surface area (Å²) in [6.07, 6.45) is -3.46. The summed E-state index contributed by atoms with van der Waals surface area (Å²) in [6, 6.07) is 7.73. The van der Waals surface area contributed by atoms with Gasteiger partial charge in [-0.15, -0.1) is 0 Å². The average Bonchev–Trinajstić information content (AvgIpc) is 2.41. The summed E-state index contributed by atoms with van der Waals surface area (Å²) in [5.41, 5.74) is 0.124. The van der Waals surface area contributed by atoms with Crippen LogP contribution in [0.1, 0.15) is 23.2 Å². The summed E-state index contributed by atoms with van der Waals surface area (Å²) in [4.78, 5) is 11.4. The summed E-state index contributed by atoms with van der Waals surface area (Å²) in [5.74, 6) is -0.298. The van der Waals surface area contributed by atoms with Crippen LogP contribution in [0.5, 0.6) is 5.75 Å². The molecule has 0 bridgehead atoms. The van der Waals surface area contributed by atoms with Crippen LogP contribution >= 0.6 is 0 Å². The molecule has 108 valence electrons. The lowest BCUT2D eigenvalue weighted by atomic mass is 10.2. The van der Waals surface area contributed by atoms with Crippen molar-refractivity contribution in [2.75, 3.05) is 13.2 Å². The lowest BCUT2D eigenvalue weighted by Gasteiger charge is -2.09. The molecule has 7 heteroatoms. The zero-order chi connectivity index (χ0) is 15.0. The Balaban J connectivity index is 2.45. The minimum Gasteiger partial charge on any atom is -0.494 e. The van der Waals surface area contributed by atoms with Crippen LogP contribution in [-0.4, -0.2) is 25.2 Å². The number of unbranched alkanes of at least 4 members (excludes halogenated alkanes) is 1. The first kappa shape index (κ1) is 15.8. The number of nitriles is 1. The minimum atomic E-state index is -4.43. The number of ether oxygens (including phenoxy) is 1. The van der Waals surface area contributed by atoms with E-state index in [1.54, 1.807) is 5.32 Å². The first-order valence-corrected chi connectivity index (χ1v) is 5.87. The maximum atomic E-state index is 11.9. The summed E-state index contributed by atoms with van der Waals surface area (Å²) in [7, 11) is 0. The van der Waals surface area contributed by atoms with E-state index < -0.39 is 18.6 Å². The molecule has 0 unspecified atom stereocenters. The van der Waals surface area contributed by atoms with Gasteiger partial charge in [-0.2, -0.15) is 18.4 Å². The van der Waals surface area contributed by atoms with E-state index in [1.165, 1.54) is 24.3 Å². The van der Waals surface area contributed by atoms with Crippen LogP contribution in [0, 0.1) is 11.3 Å². The molecule has 4 nitrogen and oxygen atoms in total. The summed E-state index contributed by atoms with van der Waals surface area (Å²) in [6.45, 7) is -0.995. The molecule has 0 aliphatic heterocycles. The monoisotopic (exact) mass is 286 g/mol. The minimum absolute atomic E-state index is 0.124. The number of alkyl halides is 3. The number of nitrogens with one attached hydrogen (secondary N) is 1. The Hall–Kier alpha value is -2.23. The molecule has 0 saturated carbocycles. The van der Waals surface area contributed by atoms with E-state index in [4.69, 9.17) is 10.00 Å². The van der Waals surface area contributed by atoms with Crippen molar-refractivity contribution in [2.45, 2.75) is 19.0 Å². The highest BCUT2D eigenvalue weighted by atomic mass is 19.4. The van der Waals surface area contributed by atoms with Crippen LogP contribution < -0.4 is 10.1 Å². The number of amides is 1. The zero-order valence-corrected chi connectivity index (χ0v) is 10.5. The molecule has 0 radical (unpaired) electrons. The second kappa shape index (κ2) is 7.38. The molecule has 0 aromatic heterocycles. The molecule has 0 aliphatic carbocycles. The molecular weight excluding hydrogens is 273 g/mol. The zero-order valence-electron chi connectivity index (χ0n) is 10.5. The van der Waals surface area contributed by atoms with Crippen molar-refractivity contribution in [1.29, 1.82) is 5.26 Å². The third kappa shape index (κ3) is 6.09. The lowest BCUT2D eigenvalue weighted by molar-refractivity contribution is -0.123. The number of carbonyl (C=O) groups is 1. The Morgan fingerprint density at radius 3 is 2.50 bits per heavy atom.